The average molecular weight is 253 g/mol. The SMILES string of the molecule is COc1cc(N)cnc1C(NC(=O)O)C(C)(C)C. The Morgan fingerprint density at radius 3 is 2.61 bits per heavy atom. The van der Waals surface area contributed by atoms with Crippen LogP contribution in [0.1, 0.15) is 32.5 Å². The molecule has 1 amide bonds. The number of amides is 1. The predicted octanol–water partition coefficient (Wildman–Crippen LogP) is 2.03. The van der Waals surface area contributed by atoms with Crippen LogP contribution in [0.25, 0.3) is 0 Å². The van der Waals surface area contributed by atoms with Crippen LogP contribution in [0.5, 0.6) is 5.75 Å². The summed E-state index contributed by atoms with van der Waals surface area (Å²) in [6.45, 7) is 5.77. The monoisotopic (exact) mass is 253 g/mol. The van der Waals surface area contributed by atoms with Gasteiger partial charge >= 0.3 is 6.09 Å². The van der Waals surface area contributed by atoms with E-state index in [0.29, 0.717) is 17.1 Å². The average Bonchev–Trinajstić information content (AvgIpc) is 2.24. The molecule has 4 N–H and O–H groups in total. The summed E-state index contributed by atoms with van der Waals surface area (Å²) >= 11 is 0. The van der Waals surface area contributed by atoms with Crippen molar-refractivity contribution < 1.29 is 14.6 Å². The summed E-state index contributed by atoms with van der Waals surface area (Å²) in [5, 5.41) is 11.4. The highest BCUT2D eigenvalue weighted by atomic mass is 16.5. The highest BCUT2D eigenvalue weighted by Gasteiger charge is 2.31. The first kappa shape index (κ1) is 14.1. The maximum Gasteiger partial charge on any atom is 0.405 e. The molecule has 0 aliphatic carbocycles. The second-order valence-electron chi connectivity index (χ2n) is 5.10. The van der Waals surface area contributed by atoms with Crippen molar-refractivity contribution in [2.75, 3.05) is 12.8 Å². The smallest absolute Gasteiger partial charge is 0.405 e. The second kappa shape index (κ2) is 5.12. The van der Waals surface area contributed by atoms with Crippen LogP contribution in [0.3, 0.4) is 0 Å². The van der Waals surface area contributed by atoms with Gasteiger partial charge in [0.2, 0.25) is 0 Å². The van der Waals surface area contributed by atoms with Gasteiger partial charge < -0.3 is 20.9 Å². The molecule has 1 rings (SSSR count). The zero-order valence-electron chi connectivity index (χ0n) is 11.0. The van der Waals surface area contributed by atoms with Gasteiger partial charge in [0, 0.05) is 6.07 Å². The molecule has 100 valence electrons. The van der Waals surface area contributed by atoms with Crippen molar-refractivity contribution in [1.29, 1.82) is 0 Å². The van der Waals surface area contributed by atoms with E-state index in [0.717, 1.165) is 0 Å². The number of hydrogen-bond donors (Lipinski definition) is 3. The number of carboxylic acid groups (broad SMARTS) is 1. The number of nitrogen functional groups attached to an aromatic ring is 1. The van der Waals surface area contributed by atoms with E-state index >= 15 is 0 Å². The Labute approximate surface area is 106 Å². The minimum atomic E-state index is -1.10. The van der Waals surface area contributed by atoms with Crippen molar-refractivity contribution in [3.63, 3.8) is 0 Å². The molecule has 1 aromatic rings. The molecule has 1 atom stereocenters. The number of anilines is 1. The Hall–Kier alpha value is -1.98. The van der Waals surface area contributed by atoms with Crippen LogP contribution in [0.2, 0.25) is 0 Å². The quantitative estimate of drug-likeness (QED) is 0.765. The normalized spacial score (nSPS) is 12.9. The maximum absolute atomic E-state index is 10.9. The van der Waals surface area contributed by atoms with Crippen LogP contribution in [-0.4, -0.2) is 23.3 Å². The molecule has 0 radical (unpaired) electrons. The van der Waals surface area contributed by atoms with Crippen molar-refractivity contribution in [2.24, 2.45) is 5.41 Å². The van der Waals surface area contributed by atoms with Gasteiger partial charge in [-0.15, -0.1) is 0 Å². The number of carbonyl (C=O) groups is 1. The topological polar surface area (TPSA) is 97.5 Å². The van der Waals surface area contributed by atoms with Gasteiger partial charge in [-0.25, -0.2) is 4.79 Å². The molecule has 18 heavy (non-hydrogen) atoms. The first-order valence-electron chi connectivity index (χ1n) is 5.54. The molecule has 0 aromatic carbocycles. The minimum Gasteiger partial charge on any atom is -0.495 e. The van der Waals surface area contributed by atoms with E-state index in [4.69, 9.17) is 15.6 Å². The number of nitrogens with zero attached hydrogens (tertiary/aromatic N) is 1. The molecular formula is C12H19N3O3. The molecule has 6 heteroatoms. The van der Waals surface area contributed by atoms with Gasteiger partial charge in [-0.3, -0.25) is 4.98 Å². The van der Waals surface area contributed by atoms with Crippen LogP contribution in [0.15, 0.2) is 12.3 Å². The van der Waals surface area contributed by atoms with Gasteiger partial charge in [-0.2, -0.15) is 0 Å². The molecule has 1 aromatic heterocycles. The summed E-state index contributed by atoms with van der Waals surface area (Å²) in [6, 6.07) is 1.15. The highest BCUT2D eigenvalue weighted by Crippen LogP contribution is 2.36. The molecule has 0 fully saturated rings. The molecule has 0 saturated heterocycles. The number of pyridine rings is 1. The van der Waals surface area contributed by atoms with Crippen LogP contribution < -0.4 is 15.8 Å². The third-order valence-electron chi connectivity index (χ3n) is 2.53. The van der Waals surface area contributed by atoms with E-state index in [2.05, 4.69) is 10.3 Å². The molecule has 0 aliphatic heterocycles. The number of nitrogens with one attached hydrogen (secondary N) is 1. The van der Waals surface area contributed by atoms with Gasteiger partial charge in [0.25, 0.3) is 0 Å². The van der Waals surface area contributed by atoms with Crippen molar-refractivity contribution >= 4 is 11.8 Å². The number of ether oxygens (including phenoxy) is 1. The molecule has 1 unspecified atom stereocenters. The Morgan fingerprint density at radius 2 is 2.17 bits per heavy atom. The summed E-state index contributed by atoms with van der Waals surface area (Å²) < 4.78 is 5.21. The van der Waals surface area contributed by atoms with Crippen LogP contribution >= 0.6 is 0 Å². The standard InChI is InChI=1S/C12H19N3O3/c1-12(2,3)10(15-11(16)17)9-8(18-4)5-7(13)6-14-9/h5-6,10,15H,13H2,1-4H3,(H,16,17). The van der Waals surface area contributed by atoms with Gasteiger partial charge in [-0.1, -0.05) is 20.8 Å². The molecular weight excluding hydrogens is 234 g/mol. The molecule has 0 saturated carbocycles. The molecule has 6 nitrogen and oxygen atoms in total. The van der Waals surface area contributed by atoms with Gasteiger partial charge in [-0.05, 0) is 5.41 Å². The third kappa shape index (κ3) is 3.26. The maximum atomic E-state index is 10.9. The lowest BCUT2D eigenvalue weighted by Crippen LogP contribution is -2.36. The van der Waals surface area contributed by atoms with E-state index < -0.39 is 12.1 Å². The number of rotatable bonds is 3. The zero-order chi connectivity index (χ0) is 13.9. The second-order valence-corrected chi connectivity index (χ2v) is 5.10. The Bertz CT molecular complexity index is 441. The van der Waals surface area contributed by atoms with Crippen molar-refractivity contribution in [3.8, 4) is 5.75 Å². The predicted molar refractivity (Wildman–Crippen MR) is 68.6 cm³/mol. The van der Waals surface area contributed by atoms with Crippen LogP contribution in [-0.2, 0) is 0 Å². The van der Waals surface area contributed by atoms with Crippen molar-refractivity contribution in [1.82, 2.24) is 10.3 Å². The van der Waals surface area contributed by atoms with Crippen molar-refractivity contribution in [3.05, 3.63) is 18.0 Å². The highest BCUT2D eigenvalue weighted by molar-refractivity contribution is 5.65. The molecule has 0 aliphatic rings. The summed E-state index contributed by atoms with van der Waals surface area (Å²) in [4.78, 5) is 15.1. The minimum absolute atomic E-state index is 0.339. The Balaban J connectivity index is 3.24. The first-order chi connectivity index (χ1) is 8.25. The Kier molecular flexibility index (Phi) is 4.00. The van der Waals surface area contributed by atoms with Crippen molar-refractivity contribution in [2.45, 2.75) is 26.8 Å². The molecule has 0 spiro atoms. The van der Waals surface area contributed by atoms with E-state index in [9.17, 15) is 4.79 Å². The van der Waals surface area contributed by atoms with Gasteiger partial charge in [0.1, 0.15) is 11.4 Å². The number of methoxy groups -OCH3 is 1. The third-order valence-corrected chi connectivity index (χ3v) is 2.53. The van der Waals surface area contributed by atoms with Gasteiger partial charge in [0.15, 0.2) is 0 Å². The van der Waals surface area contributed by atoms with E-state index in [-0.39, 0.29) is 5.41 Å². The fourth-order valence-electron chi connectivity index (χ4n) is 1.67. The number of aromatic nitrogens is 1. The van der Waals surface area contributed by atoms with Crippen LogP contribution in [0.4, 0.5) is 10.5 Å². The van der Waals surface area contributed by atoms with E-state index in [1.807, 2.05) is 20.8 Å². The summed E-state index contributed by atoms with van der Waals surface area (Å²) in [7, 11) is 1.50. The van der Waals surface area contributed by atoms with E-state index in [1.54, 1.807) is 6.07 Å². The number of nitrogens with two attached hydrogens (primary N) is 1. The number of hydrogen-bond acceptors (Lipinski definition) is 4. The largest absolute Gasteiger partial charge is 0.495 e. The van der Waals surface area contributed by atoms with Gasteiger partial charge in [0.05, 0.1) is 25.0 Å². The fourth-order valence-corrected chi connectivity index (χ4v) is 1.67. The lowest BCUT2D eigenvalue weighted by atomic mass is 9.84. The lowest BCUT2D eigenvalue weighted by molar-refractivity contribution is 0.173. The fraction of sp³-hybridized carbons (Fsp3) is 0.500. The molecule has 0 bridgehead atoms. The molecule has 1 heterocycles. The summed E-state index contributed by atoms with van der Waals surface area (Å²) in [5.41, 5.74) is 6.30. The summed E-state index contributed by atoms with van der Waals surface area (Å²) in [6.07, 6.45) is 0.385. The van der Waals surface area contributed by atoms with E-state index in [1.165, 1.54) is 13.3 Å². The zero-order valence-corrected chi connectivity index (χ0v) is 11.0. The Morgan fingerprint density at radius 1 is 1.56 bits per heavy atom. The summed E-state index contributed by atoms with van der Waals surface area (Å²) in [5.74, 6) is 0.476. The lowest BCUT2D eigenvalue weighted by Gasteiger charge is -2.30. The first-order valence-corrected chi connectivity index (χ1v) is 5.54. The van der Waals surface area contributed by atoms with Crippen LogP contribution in [0, 0.1) is 5.41 Å².